The molecule has 0 saturated heterocycles. The van der Waals surface area contributed by atoms with Crippen LogP contribution in [-0.2, 0) is 0 Å². The Bertz CT molecular complexity index is 829. The number of fused-ring (bicyclic) bond motifs is 2. The molecule has 0 radical (unpaired) electrons. The van der Waals surface area contributed by atoms with Gasteiger partial charge in [0.1, 0.15) is 11.5 Å². The lowest BCUT2D eigenvalue weighted by atomic mass is 10.1. The Labute approximate surface area is 132 Å². The van der Waals surface area contributed by atoms with Crippen molar-refractivity contribution in [3.63, 3.8) is 0 Å². The lowest BCUT2D eigenvalue weighted by Gasteiger charge is -2.20. The van der Waals surface area contributed by atoms with Crippen LogP contribution >= 0.6 is 23.4 Å². The van der Waals surface area contributed by atoms with Crippen LogP contribution < -0.4 is 4.74 Å². The molecule has 3 aromatic carbocycles. The Morgan fingerprint density at radius 3 is 2.43 bits per heavy atom. The van der Waals surface area contributed by atoms with Gasteiger partial charge < -0.3 is 4.74 Å². The van der Waals surface area contributed by atoms with E-state index in [0.717, 1.165) is 37.4 Å². The maximum atomic E-state index is 6.08. The zero-order valence-corrected chi connectivity index (χ0v) is 12.6. The fourth-order valence-electron chi connectivity index (χ4n) is 2.38. The SMILES string of the molecule is Clc1cccc(-c2ccc3c(c2)Sc2ccccc2O3)c1. The minimum Gasteiger partial charge on any atom is -0.455 e. The lowest BCUT2D eigenvalue weighted by molar-refractivity contribution is 0.454. The summed E-state index contributed by atoms with van der Waals surface area (Å²) in [6.45, 7) is 0. The zero-order chi connectivity index (χ0) is 14.2. The van der Waals surface area contributed by atoms with Gasteiger partial charge in [-0.25, -0.2) is 0 Å². The standard InChI is InChI=1S/C18H11ClOS/c19-14-5-3-4-12(10-14)13-8-9-16-18(11-13)21-17-7-2-1-6-15(17)20-16/h1-11H. The van der Waals surface area contributed by atoms with Crippen LogP contribution in [0.15, 0.2) is 76.5 Å². The van der Waals surface area contributed by atoms with Crippen LogP contribution in [0.4, 0.5) is 0 Å². The van der Waals surface area contributed by atoms with Gasteiger partial charge in [-0.05, 0) is 47.5 Å². The maximum absolute atomic E-state index is 6.08. The maximum Gasteiger partial charge on any atom is 0.141 e. The normalized spacial score (nSPS) is 12.2. The minimum absolute atomic E-state index is 0.750. The molecule has 0 aliphatic carbocycles. The van der Waals surface area contributed by atoms with Gasteiger partial charge in [-0.1, -0.05) is 53.7 Å². The molecule has 0 unspecified atom stereocenters. The Hall–Kier alpha value is -1.90. The molecular weight excluding hydrogens is 300 g/mol. The van der Waals surface area contributed by atoms with E-state index in [1.165, 1.54) is 0 Å². The van der Waals surface area contributed by atoms with E-state index in [4.69, 9.17) is 16.3 Å². The van der Waals surface area contributed by atoms with Crippen molar-refractivity contribution in [2.75, 3.05) is 0 Å². The molecule has 0 atom stereocenters. The van der Waals surface area contributed by atoms with Crippen LogP contribution in [0.25, 0.3) is 11.1 Å². The molecule has 1 aliphatic rings. The topological polar surface area (TPSA) is 9.23 Å². The number of halogens is 1. The van der Waals surface area contributed by atoms with Crippen LogP contribution in [0.3, 0.4) is 0 Å². The molecular formula is C18H11ClOS. The molecule has 1 nitrogen and oxygen atoms in total. The molecule has 0 aromatic heterocycles. The molecule has 1 aliphatic heterocycles. The second-order valence-electron chi connectivity index (χ2n) is 4.82. The monoisotopic (exact) mass is 310 g/mol. The van der Waals surface area contributed by atoms with Crippen molar-refractivity contribution in [1.29, 1.82) is 0 Å². The van der Waals surface area contributed by atoms with Gasteiger partial charge in [-0.15, -0.1) is 0 Å². The number of para-hydroxylation sites is 1. The summed E-state index contributed by atoms with van der Waals surface area (Å²) in [5.74, 6) is 1.83. The Kier molecular flexibility index (Phi) is 3.13. The summed E-state index contributed by atoms with van der Waals surface area (Å²) >= 11 is 7.81. The third-order valence-corrected chi connectivity index (χ3v) is 4.72. The van der Waals surface area contributed by atoms with Crippen LogP contribution in [0.1, 0.15) is 0 Å². The number of ether oxygens (including phenoxy) is 1. The van der Waals surface area contributed by atoms with Crippen LogP contribution in [-0.4, -0.2) is 0 Å². The third-order valence-electron chi connectivity index (χ3n) is 3.39. The van der Waals surface area contributed by atoms with E-state index in [9.17, 15) is 0 Å². The van der Waals surface area contributed by atoms with Crippen molar-refractivity contribution in [3.05, 3.63) is 71.8 Å². The molecule has 0 fully saturated rings. The molecule has 21 heavy (non-hydrogen) atoms. The van der Waals surface area contributed by atoms with E-state index in [2.05, 4.69) is 24.3 Å². The van der Waals surface area contributed by atoms with Gasteiger partial charge in [0.2, 0.25) is 0 Å². The fraction of sp³-hybridized carbons (Fsp3) is 0. The first kappa shape index (κ1) is 12.8. The fourth-order valence-corrected chi connectivity index (χ4v) is 3.56. The highest BCUT2D eigenvalue weighted by atomic mass is 35.5. The van der Waals surface area contributed by atoms with E-state index >= 15 is 0 Å². The summed E-state index contributed by atoms with van der Waals surface area (Å²) in [5.41, 5.74) is 2.26. The van der Waals surface area contributed by atoms with E-state index in [1.807, 2.05) is 42.5 Å². The Morgan fingerprint density at radius 1 is 0.714 bits per heavy atom. The van der Waals surface area contributed by atoms with E-state index < -0.39 is 0 Å². The van der Waals surface area contributed by atoms with Crippen molar-refractivity contribution < 1.29 is 4.74 Å². The van der Waals surface area contributed by atoms with E-state index in [1.54, 1.807) is 11.8 Å². The van der Waals surface area contributed by atoms with Crippen LogP contribution in [0, 0.1) is 0 Å². The first-order valence-corrected chi connectivity index (χ1v) is 7.84. The van der Waals surface area contributed by atoms with Gasteiger partial charge >= 0.3 is 0 Å². The molecule has 0 amide bonds. The molecule has 4 rings (SSSR count). The van der Waals surface area contributed by atoms with Gasteiger partial charge in [0.15, 0.2) is 0 Å². The largest absolute Gasteiger partial charge is 0.455 e. The summed E-state index contributed by atoms with van der Waals surface area (Å²) in [5, 5.41) is 0.750. The summed E-state index contributed by atoms with van der Waals surface area (Å²) in [6, 6.07) is 22.2. The Morgan fingerprint density at radius 2 is 1.52 bits per heavy atom. The second kappa shape index (κ2) is 5.14. The smallest absolute Gasteiger partial charge is 0.141 e. The molecule has 1 heterocycles. The molecule has 0 bridgehead atoms. The number of hydrogen-bond acceptors (Lipinski definition) is 2. The summed E-state index contributed by atoms with van der Waals surface area (Å²) in [7, 11) is 0. The summed E-state index contributed by atoms with van der Waals surface area (Å²) in [6.07, 6.45) is 0. The molecule has 0 spiro atoms. The predicted octanol–water partition coefficient (Wildman–Crippen LogP) is 6.26. The molecule has 3 aromatic rings. The van der Waals surface area contributed by atoms with Crippen molar-refractivity contribution in [2.45, 2.75) is 9.79 Å². The van der Waals surface area contributed by atoms with E-state index in [0.29, 0.717) is 0 Å². The summed E-state index contributed by atoms with van der Waals surface area (Å²) < 4.78 is 5.95. The number of rotatable bonds is 1. The number of hydrogen-bond donors (Lipinski definition) is 0. The van der Waals surface area contributed by atoms with Gasteiger partial charge in [-0.2, -0.15) is 0 Å². The predicted molar refractivity (Wildman–Crippen MR) is 87.5 cm³/mol. The van der Waals surface area contributed by atoms with Crippen molar-refractivity contribution >= 4 is 23.4 Å². The highest BCUT2D eigenvalue weighted by Crippen LogP contribution is 2.47. The first-order valence-electron chi connectivity index (χ1n) is 6.64. The summed E-state index contributed by atoms with van der Waals surface area (Å²) in [4.78, 5) is 2.28. The average molecular weight is 311 g/mol. The second-order valence-corrected chi connectivity index (χ2v) is 6.34. The van der Waals surface area contributed by atoms with Crippen LogP contribution in [0.2, 0.25) is 5.02 Å². The zero-order valence-electron chi connectivity index (χ0n) is 11.0. The van der Waals surface area contributed by atoms with Gasteiger partial charge in [0.25, 0.3) is 0 Å². The third kappa shape index (κ3) is 2.41. The highest BCUT2D eigenvalue weighted by Gasteiger charge is 2.17. The molecule has 0 N–H and O–H groups in total. The highest BCUT2D eigenvalue weighted by molar-refractivity contribution is 7.99. The molecule has 102 valence electrons. The minimum atomic E-state index is 0.750. The van der Waals surface area contributed by atoms with Gasteiger partial charge in [-0.3, -0.25) is 0 Å². The molecule has 3 heteroatoms. The molecule has 0 saturated carbocycles. The van der Waals surface area contributed by atoms with Gasteiger partial charge in [0, 0.05) is 5.02 Å². The van der Waals surface area contributed by atoms with Crippen molar-refractivity contribution in [1.82, 2.24) is 0 Å². The van der Waals surface area contributed by atoms with E-state index in [-0.39, 0.29) is 0 Å². The first-order chi connectivity index (χ1) is 10.3. The van der Waals surface area contributed by atoms with Crippen LogP contribution in [0.5, 0.6) is 11.5 Å². The Balaban J connectivity index is 1.76. The number of benzene rings is 3. The van der Waals surface area contributed by atoms with Gasteiger partial charge in [0.05, 0.1) is 9.79 Å². The van der Waals surface area contributed by atoms with Crippen molar-refractivity contribution in [2.24, 2.45) is 0 Å². The average Bonchev–Trinajstić information content (AvgIpc) is 2.52. The quantitative estimate of drug-likeness (QED) is 0.410. The van der Waals surface area contributed by atoms with Crippen molar-refractivity contribution in [3.8, 4) is 22.6 Å². The lowest BCUT2D eigenvalue weighted by Crippen LogP contribution is -1.94.